The van der Waals surface area contributed by atoms with E-state index in [4.69, 9.17) is 11.6 Å². The van der Waals surface area contributed by atoms with Crippen molar-refractivity contribution in [2.24, 2.45) is 0 Å². The predicted octanol–water partition coefficient (Wildman–Crippen LogP) is 3.73. The van der Waals surface area contributed by atoms with Gasteiger partial charge in [-0.3, -0.25) is 0 Å². The number of hydrogen-bond acceptors (Lipinski definition) is 3. The number of nitrogens with one attached hydrogen (secondary N) is 1. The smallest absolute Gasteiger partial charge is 0.223 e. The van der Waals surface area contributed by atoms with E-state index in [9.17, 15) is 0 Å². The second kappa shape index (κ2) is 6.80. The Balaban J connectivity index is 2.82. The van der Waals surface area contributed by atoms with Crippen LogP contribution in [0.3, 0.4) is 0 Å². The molecular weight excluding hydrogens is 234 g/mol. The molecule has 0 aliphatic heterocycles. The molecule has 0 radical (unpaired) electrons. The summed E-state index contributed by atoms with van der Waals surface area (Å²) in [5, 5.41) is 3.36. The summed E-state index contributed by atoms with van der Waals surface area (Å²) in [4.78, 5) is 8.96. The van der Waals surface area contributed by atoms with Crippen molar-refractivity contribution in [1.29, 1.82) is 0 Å². The molecule has 17 heavy (non-hydrogen) atoms. The van der Waals surface area contributed by atoms with E-state index in [0.29, 0.717) is 17.8 Å². The van der Waals surface area contributed by atoms with Gasteiger partial charge in [0.05, 0.1) is 0 Å². The highest BCUT2D eigenvalue weighted by atomic mass is 35.5. The molecule has 3 nitrogen and oxygen atoms in total. The fraction of sp³-hybridized carbons (Fsp3) is 0.692. The number of rotatable bonds is 6. The van der Waals surface area contributed by atoms with E-state index >= 15 is 0 Å². The molecule has 1 N–H and O–H groups in total. The van der Waals surface area contributed by atoms with E-state index in [1.807, 2.05) is 13.0 Å². The Morgan fingerprint density at radius 1 is 1.35 bits per heavy atom. The van der Waals surface area contributed by atoms with Gasteiger partial charge in [-0.15, -0.1) is 11.6 Å². The second-order valence-electron chi connectivity index (χ2n) is 4.64. The van der Waals surface area contributed by atoms with Crippen LogP contribution in [-0.2, 0) is 0 Å². The first-order chi connectivity index (χ1) is 8.06. The third-order valence-electron chi connectivity index (χ3n) is 2.75. The predicted molar refractivity (Wildman–Crippen MR) is 73.9 cm³/mol. The number of aromatic nitrogens is 2. The standard InChI is InChI=1S/C13H22ClN3/c1-5-11(6-7-14)16-13-15-10(4)8-12(17-13)9(2)3/h8-9,11H,5-7H2,1-4H3,(H,15,16,17). The zero-order valence-electron chi connectivity index (χ0n) is 11.1. The SMILES string of the molecule is CCC(CCCl)Nc1nc(C)cc(C(C)C)n1. The first-order valence-electron chi connectivity index (χ1n) is 6.24. The average molecular weight is 256 g/mol. The van der Waals surface area contributed by atoms with Crippen molar-refractivity contribution < 1.29 is 0 Å². The largest absolute Gasteiger partial charge is 0.351 e. The molecule has 0 aliphatic rings. The molecule has 0 amide bonds. The third kappa shape index (κ3) is 4.50. The molecule has 1 aromatic rings. The van der Waals surface area contributed by atoms with Crippen LogP contribution in [0.15, 0.2) is 6.07 Å². The summed E-state index contributed by atoms with van der Waals surface area (Å²) in [5.41, 5.74) is 2.09. The summed E-state index contributed by atoms with van der Waals surface area (Å²) >= 11 is 5.77. The van der Waals surface area contributed by atoms with Crippen LogP contribution in [0.1, 0.15) is 50.9 Å². The van der Waals surface area contributed by atoms with Crippen molar-refractivity contribution >= 4 is 17.5 Å². The lowest BCUT2D eigenvalue weighted by molar-refractivity contribution is 0.664. The van der Waals surface area contributed by atoms with Gasteiger partial charge in [0.15, 0.2) is 0 Å². The zero-order valence-corrected chi connectivity index (χ0v) is 11.9. The summed E-state index contributed by atoms with van der Waals surface area (Å²) in [5.74, 6) is 1.81. The van der Waals surface area contributed by atoms with Crippen LogP contribution in [0.5, 0.6) is 0 Å². The van der Waals surface area contributed by atoms with E-state index in [-0.39, 0.29) is 0 Å². The van der Waals surface area contributed by atoms with E-state index in [1.165, 1.54) is 0 Å². The van der Waals surface area contributed by atoms with Gasteiger partial charge in [0.25, 0.3) is 0 Å². The maximum absolute atomic E-state index is 5.77. The quantitative estimate of drug-likeness (QED) is 0.787. The molecule has 0 aromatic carbocycles. The number of alkyl halides is 1. The van der Waals surface area contributed by atoms with Crippen LogP contribution in [0.25, 0.3) is 0 Å². The van der Waals surface area contributed by atoms with Crippen molar-refractivity contribution in [3.05, 3.63) is 17.5 Å². The Morgan fingerprint density at radius 3 is 2.59 bits per heavy atom. The maximum Gasteiger partial charge on any atom is 0.223 e. The molecule has 1 unspecified atom stereocenters. The summed E-state index contributed by atoms with van der Waals surface area (Å²) in [6.45, 7) is 8.42. The highest BCUT2D eigenvalue weighted by molar-refractivity contribution is 6.17. The first kappa shape index (κ1) is 14.2. The lowest BCUT2D eigenvalue weighted by atomic mass is 10.1. The van der Waals surface area contributed by atoms with Crippen LogP contribution in [-0.4, -0.2) is 21.9 Å². The molecule has 1 rings (SSSR count). The number of halogens is 1. The van der Waals surface area contributed by atoms with Crippen LogP contribution < -0.4 is 5.32 Å². The second-order valence-corrected chi connectivity index (χ2v) is 5.02. The summed E-state index contributed by atoms with van der Waals surface area (Å²) < 4.78 is 0. The molecule has 1 heterocycles. The lowest BCUT2D eigenvalue weighted by Crippen LogP contribution is -2.21. The van der Waals surface area contributed by atoms with Gasteiger partial charge in [-0.1, -0.05) is 20.8 Å². The topological polar surface area (TPSA) is 37.8 Å². The monoisotopic (exact) mass is 255 g/mol. The van der Waals surface area contributed by atoms with Crippen molar-refractivity contribution in [3.8, 4) is 0 Å². The van der Waals surface area contributed by atoms with Gasteiger partial charge in [0.2, 0.25) is 5.95 Å². The van der Waals surface area contributed by atoms with Crippen molar-refractivity contribution in [2.45, 2.75) is 52.5 Å². The molecule has 4 heteroatoms. The molecule has 0 bridgehead atoms. The van der Waals surface area contributed by atoms with Crippen LogP contribution >= 0.6 is 11.6 Å². The van der Waals surface area contributed by atoms with E-state index in [1.54, 1.807) is 0 Å². The number of nitrogens with zero attached hydrogens (tertiary/aromatic N) is 2. The number of aryl methyl sites for hydroxylation is 1. The number of anilines is 1. The minimum Gasteiger partial charge on any atom is -0.351 e. The van der Waals surface area contributed by atoms with Crippen molar-refractivity contribution in [3.63, 3.8) is 0 Å². The maximum atomic E-state index is 5.77. The molecule has 0 aliphatic carbocycles. The first-order valence-corrected chi connectivity index (χ1v) is 6.78. The molecule has 1 atom stereocenters. The highest BCUT2D eigenvalue weighted by Crippen LogP contribution is 2.15. The Kier molecular flexibility index (Phi) is 5.69. The molecule has 0 saturated heterocycles. The minimum absolute atomic E-state index is 0.356. The van der Waals surface area contributed by atoms with Gasteiger partial charge in [0, 0.05) is 23.3 Å². The van der Waals surface area contributed by atoms with Crippen LogP contribution in [0.2, 0.25) is 0 Å². The fourth-order valence-corrected chi connectivity index (χ4v) is 1.91. The Bertz CT molecular complexity index is 353. The van der Waals surface area contributed by atoms with Crippen LogP contribution in [0.4, 0.5) is 5.95 Å². The van der Waals surface area contributed by atoms with Gasteiger partial charge in [0.1, 0.15) is 0 Å². The Hall–Kier alpha value is -0.830. The Labute approximate surface area is 109 Å². The third-order valence-corrected chi connectivity index (χ3v) is 2.97. The molecule has 0 spiro atoms. The molecule has 0 fully saturated rings. The molecule has 1 aromatic heterocycles. The van der Waals surface area contributed by atoms with E-state index < -0.39 is 0 Å². The van der Waals surface area contributed by atoms with Gasteiger partial charge in [-0.25, -0.2) is 9.97 Å². The molecule has 96 valence electrons. The van der Waals surface area contributed by atoms with E-state index in [0.717, 1.165) is 30.2 Å². The van der Waals surface area contributed by atoms with Gasteiger partial charge in [-0.05, 0) is 31.7 Å². The minimum atomic E-state index is 0.356. The summed E-state index contributed by atoms with van der Waals surface area (Å²) in [6, 6.07) is 2.40. The van der Waals surface area contributed by atoms with Gasteiger partial charge in [-0.2, -0.15) is 0 Å². The van der Waals surface area contributed by atoms with E-state index in [2.05, 4.69) is 36.1 Å². The summed E-state index contributed by atoms with van der Waals surface area (Å²) in [6.07, 6.45) is 1.97. The Morgan fingerprint density at radius 2 is 2.06 bits per heavy atom. The average Bonchev–Trinajstić information content (AvgIpc) is 2.27. The van der Waals surface area contributed by atoms with Crippen LogP contribution in [0, 0.1) is 6.92 Å². The lowest BCUT2D eigenvalue weighted by Gasteiger charge is -2.17. The van der Waals surface area contributed by atoms with Gasteiger partial charge < -0.3 is 5.32 Å². The van der Waals surface area contributed by atoms with Crippen molar-refractivity contribution in [2.75, 3.05) is 11.2 Å². The van der Waals surface area contributed by atoms with Crippen molar-refractivity contribution in [1.82, 2.24) is 9.97 Å². The highest BCUT2D eigenvalue weighted by Gasteiger charge is 2.10. The molecular formula is C13H22ClN3. The zero-order chi connectivity index (χ0) is 12.8. The van der Waals surface area contributed by atoms with Gasteiger partial charge >= 0.3 is 0 Å². The molecule has 0 saturated carbocycles. The summed E-state index contributed by atoms with van der Waals surface area (Å²) in [7, 11) is 0. The fourth-order valence-electron chi connectivity index (χ4n) is 1.65. The normalized spacial score (nSPS) is 12.8. The number of hydrogen-bond donors (Lipinski definition) is 1.